The maximum absolute atomic E-state index is 5.93. The van der Waals surface area contributed by atoms with Crippen LogP contribution in [0.15, 0.2) is 22.7 Å². The second kappa shape index (κ2) is 5.25. The molecule has 3 N–H and O–H groups in total. The van der Waals surface area contributed by atoms with E-state index in [1.165, 1.54) is 0 Å². The number of nitrogens with two attached hydrogens (primary N) is 1. The summed E-state index contributed by atoms with van der Waals surface area (Å²) < 4.78 is 11.9. The SMILES string of the molecule is COC1(CNc2ccc(Br)cc2N)CCOC1. The van der Waals surface area contributed by atoms with Crippen molar-refractivity contribution in [3.05, 3.63) is 22.7 Å². The molecule has 0 amide bonds. The van der Waals surface area contributed by atoms with Crippen molar-refractivity contribution in [2.45, 2.75) is 12.0 Å². The number of benzene rings is 1. The molecule has 0 spiro atoms. The van der Waals surface area contributed by atoms with Gasteiger partial charge in [0.1, 0.15) is 5.60 Å². The summed E-state index contributed by atoms with van der Waals surface area (Å²) in [6, 6.07) is 5.80. The van der Waals surface area contributed by atoms with Gasteiger partial charge in [-0.1, -0.05) is 15.9 Å². The summed E-state index contributed by atoms with van der Waals surface area (Å²) in [5.41, 5.74) is 7.36. The molecule has 0 aliphatic carbocycles. The van der Waals surface area contributed by atoms with Crippen molar-refractivity contribution in [3.63, 3.8) is 0 Å². The topological polar surface area (TPSA) is 56.5 Å². The van der Waals surface area contributed by atoms with Crippen LogP contribution in [-0.2, 0) is 9.47 Å². The largest absolute Gasteiger partial charge is 0.397 e. The number of ether oxygens (including phenoxy) is 2. The maximum atomic E-state index is 5.93. The van der Waals surface area contributed by atoms with Crippen molar-refractivity contribution in [3.8, 4) is 0 Å². The zero-order valence-corrected chi connectivity index (χ0v) is 11.4. The fraction of sp³-hybridized carbons (Fsp3) is 0.500. The lowest BCUT2D eigenvalue weighted by Gasteiger charge is -2.26. The van der Waals surface area contributed by atoms with Crippen LogP contribution in [-0.4, -0.2) is 32.5 Å². The van der Waals surface area contributed by atoms with Crippen LogP contribution in [0.3, 0.4) is 0 Å². The number of nitrogen functional groups attached to an aromatic ring is 1. The highest BCUT2D eigenvalue weighted by Crippen LogP contribution is 2.26. The number of hydrogen-bond donors (Lipinski definition) is 2. The lowest BCUT2D eigenvalue weighted by atomic mass is 10.0. The van der Waals surface area contributed by atoms with Crippen molar-refractivity contribution in [2.24, 2.45) is 0 Å². The summed E-state index contributed by atoms with van der Waals surface area (Å²) in [6.45, 7) is 2.09. The monoisotopic (exact) mass is 300 g/mol. The van der Waals surface area contributed by atoms with Crippen molar-refractivity contribution in [1.29, 1.82) is 0 Å². The van der Waals surface area contributed by atoms with E-state index in [1.54, 1.807) is 7.11 Å². The van der Waals surface area contributed by atoms with Gasteiger partial charge in [-0.15, -0.1) is 0 Å². The molecule has 1 unspecified atom stereocenters. The van der Waals surface area contributed by atoms with Crippen LogP contribution in [0.4, 0.5) is 11.4 Å². The Balaban J connectivity index is 2.01. The van der Waals surface area contributed by atoms with Gasteiger partial charge in [0.2, 0.25) is 0 Å². The van der Waals surface area contributed by atoms with E-state index in [9.17, 15) is 0 Å². The number of anilines is 2. The predicted molar refractivity (Wildman–Crippen MR) is 72.2 cm³/mol. The third kappa shape index (κ3) is 2.91. The third-order valence-electron chi connectivity index (χ3n) is 3.11. The summed E-state index contributed by atoms with van der Waals surface area (Å²) in [6.07, 6.45) is 0.910. The van der Waals surface area contributed by atoms with Gasteiger partial charge >= 0.3 is 0 Å². The average Bonchev–Trinajstić information content (AvgIpc) is 2.77. The summed E-state index contributed by atoms with van der Waals surface area (Å²) in [4.78, 5) is 0. The van der Waals surface area contributed by atoms with E-state index in [4.69, 9.17) is 15.2 Å². The summed E-state index contributed by atoms with van der Waals surface area (Å²) in [5, 5.41) is 3.32. The molecule has 1 fully saturated rings. The van der Waals surface area contributed by atoms with E-state index in [0.717, 1.165) is 28.9 Å². The van der Waals surface area contributed by atoms with Crippen LogP contribution in [0.5, 0.6) is 0 Å². The third-order valence-corrected chi connectivity index (χ3v) is 3.61. The van der Waals surface area contributed by atoms with Crippen LogP contribution in [0.25, 0.3) is 0 Å². The van der Waals surface area contributed by atoms with Gasteiger partial charge in [-0.05, 0) is 18.2 Å². The number of halogens is 1. The van der Waals surface area contributed by atoms with Crippen molar-refractivity contribution < 1.29 is 9.47 Å². The van der Waals surface area contributed by atoms with Crippen molar-refractivity contribution >= 4 is 27.3 Å². The van der Waals surface area contributed by atoms with Crippen molar-refractivity contribution in [1.82, 2.24) is 0 Å². The molecule has 4 nitrogen and oxygen atoms in total. The molecule has 1 saturated heterocycles. The Morgan fingerprint density at radius 1 is 1.59 bits per heavy atom. The quantitative estimate of drug-likeness (QED) is 0.838. The first kappa shape index (κ1) is 12.7. The van der Waals surface area contributed by atoms with Gasteiger partial charge in [-0.3, -0.25) is 0 Å². The molecule has 2 rings (SSSR count). The Hall–Kier alpha value is -0.780. The van der Waals surface area contributed by atoms with Crippen LogP contribution in [0.2, 0.25) is 0 Å². The standard InChI is InChI=1S/C12H17BrN2O2/c1-16-12(4-5-17-8-12)7-15-11-3-2-9(13)6-10(11)14/h2-3,6,15H,4-5,7-8,14H2,1H3. The smallest absolute Gasteiger partial charge is 0.110 e. The average molecular weight is 301 g/mol. The maximum Gasteiger partial charge on any atom is 0.110 e. The van der Waals surface area contributed by atoms with Gasteiger partial charge in [0.25, 0.3) is 0 Å². The van der Waals surface area contributed by atoms with E-state index >= 15 is 0 Å². The highest BCUT2D eigenvalue weighted by atomic mass is 79.9. The first-order valence-electron chi connectivity index (χ1n) is 5.57. The molecule has 5 heteroatoms. The van der Waals surface area contributed by atoms with E-state index in [1.807, 2.05) is 18.2 Å². The zero-order chi connectivity index (χ0) is 12.3. The molecule has 0 saturated carbocycles. The fourth-order valence-electron chi connectivity index (χ4n) is 1.91. The van der Waals surface area contributed by atoms with Gasteiger partial charge in [0.15, 0.2) is 0 Å². The Labute approximate surface area is 110 Å². The van der Waals surface area contributed by atoms with Gasteiger partial charge in [0, 0.05) is 31.2 Å². The number of methoxy groups -OCH3 is 1. The lowest BCUT2D eigenvalue weighted by molar-refractivity contribution is -0.00618. The van der Waals surface area contributed by atoms with Crippen molar-refractivity contribution in [2.75, 3.05) is 37.9 Å². The number of nitrogens with one attached hydrogen (secondary N) is 1. The van der Waals surface area contributed by atoms with E-state index in [0.29, 0.717) is 13.2 Å². The highest BCUT2D eigenvalue weighted by Gasteiger charge is 2.34. The molecule has 0 aromatic heterocycles. The molecule has 1 atom stereocenters. The molecular formula is C12H17BrN2O2. The zero-order valence-electron chi connectivity index (χ0n) is 9.83. The molecule has 1 aliphatic rings. The van der Waals surface area contributed by atoms with Gasteiger partial charge in [0.05, 0.1) is 18.0 Å². The molecule has 1 aromatic carbocycles. The first-order chi connectivity index (χ1) is 8.15. The normalized spacial score (nSPS) is 23.9. The first-order valence-corrected chi connectivity index (χ1v) is 6.36. The molecule has 1 heterocycles. The second-order valence-corrected chi connectivity index (χ2v) is 5.19. The molecular weight excluding hydrogens is 284 g/mol. The Bertz CT molecular complexity index is 392. The summed E-state index contributed by atoms with van der Waals surface area (Å²) in [7, 11) is 1.72. The lowest BCUT2D eigenvalue weighted by Crippen LogP contribution is -2.39. The minimum absolute atomic E-state index is 0.223. The number of hydrogen-bond acceptors (Lipinski definition) is 4. The highest BCUT2D eigenvalue weighted by molar-refractivity contribution is 9.10. The molecule has 0 bridgehead atoms. The van der Waals surface area contributed by atoms with Gasteiger partial charge in [-0.25, -0.2) is 0 Å². The fourth-order valence-corrected chi connectivity index (χ4v) is 2.29. The van der Waals surface area contributed by atoms with Crippen LogP contribution in [0.1, 0.15) is 6.42 Å². The van der Waals surface area contributed by atoms with E-state index in [2.05, 4.69) is 21.2 Å². The Morgan fingerprint density at radius 3 is 3.00 bits per heavy atom. The summed E-state index contributed by atoms with van der Waals surface area (Å²) in [5.74, 6) is 0. The van der Waals surface area contributed by atoms with E-state index < -0.39 is 0 Å². The molecule has 17 heavy (non-hydrogen) atoms. The molecule has 0 radical (unpaired) electrons. The second-order valence-electron chi connectivity index (χ2n) is 4.27. The Kier molecular flexibility index (Phi) is 3.91. The molecule has 94 valence electrons. The van der Waals surface area contributed by atoms with Crippen LogP contribution < -0.4 is 11.1 Å². The van der Waals surface area contributed by atoms with Gasteiger partial charge < -0.3 is 20.5 Å². The number of rotatable bonds is 4. The van der Waals surface area contributed by atoms with Gasteiger partial charge in [-0.2, -0.15) is 0 Å². The minimum Gasteiger partial charge on any atom is -0.397 e. The molecule has 1 aliphatic heterocycles. The molecule has 1 aromatic rings. The minimum atomic E-state index is -0.223. The van der Waals surface area contributed by atoms with E-state index in [-0.39, 0.29) is 5.60 Å². The van der Waals surface area contributed by atoms with Crippen LogP contribution >= 0.6 is 15.9 Å². The summed E-state index contributed by atoms with van der Waals surface area (Å²) >= 11 is 3.39. The predicted octanol–water partition coefficient (Wildman–Crippen LogP) is 2.25. The van der Waals surface area contributed by atoms with Crippen LogP contribution in [0, 0.1) is 0 Å². The Morgan fingerprint density at radius 2 is 2.41 bits per heavy atom.